The molecule has 0 radical (unpaired) electrons. The SMILES string of the molecule is CN(C)C1CCCN(Cc2ncc(Cl)n2C)C1. The third kappa shape index (κ3) is 3.00. The van der Waals surface area contributed by atoms with Crippen LogP contribution in [-0.2, 0) is 13.6 Å². The number of likely N-dealkylation sites (N-methyl/N-ethyl adjacent to an activating group) is 1. The fourth-order valence-electron chi connectivity index (χ4n) is 2.37. The number of rotatable bonds is 3. The summed E-state index contributed by atoms with van der Waals surface area (Å²) in [6.07, 6.45) is 4.29. The Bertz CT molecular complexity index is 375. The predicted octanol–water partition coefficient (Wildman–Crippen LogP) is 1.60. The van der Waals surface area contributed by atoms with E-state index in [-0.39, 0.29) is 0 Å². The van der Waals surface area contributed by atoms with Crippen molar-refractivity contribution in [2.24, 2.45) is 7.05 Å². The fraction of sp³-hybridized carbons (Fsp3) is 0.750. The molecule has 1 aliphatic rings. The zero-order valence-corrected chi connectivity index (χ0v) is 11.6. The monoisotopic (exact) mass is 256 g/mol. The molecule has 0 saturated carbocycles. The Hall–Kier alpha value is -0.580. The van der Waals surface area contributed by atoms with E-state index < -0.39 is 0 Å². The van der Waals surface area contributed by atoms with Gasteiger partial charge in [0.05, 0.1) is 12.7 Å². The minimum atomic E-state index is 0.666. The number of nitrogens with zero attached hydrogens (tertiary/aromatic N) is 4. The molecule has 1 aromatic rings. The van der Waals surface area contributed by atoms with Crippen molar-refractivity contribution >= 4 is 11.6 Å². The minimum Gasteiger partial charge on any atom is -0.321 e. The number of hydrogen-bond acceptors (Lipinski definition) is 3. The zero-order chi connectivity index (χ0) is 12.4. The summed E-state index contributed by atoms with van der Waals surface area (Å²) in [7, 11) is 6.29. The lowest BCUT2D eigenvalue weighted by Crippen LogP contribution is -2.44. The molecule has 0 spiro atoms. The molecule has 2 rings (SSSR count). The molecule has 1 aliphatic heterocycles. The molecule has 4 nitrogen and oxygen atoms in total. The van der Waals surface area contributed by atoms with Gasteiger partial charge in [0.25, 0.3) is 0 Å². The van der Waals surface area contributed by atoms with Crippen molar-refractivity contribution in [3.63, 3.8) is 0 Å². The maximum atomic E-state index is 6.00. The summed E-state index contributed by atoms with van der Waals surface area (Å²) in [6.45, 7) is 3.18. The van der Waals surface area contributed by atoms with Crippen LogP contribution in [0.3, 0.4) is 0 Å². The number of halogens is 1. The summed E-state index contributed by atoms with van der Waals surface area (Å²) in [4.78, 5) is 9.14. The van der Waals surface area contributed by atoms with Crippen LogP contribution in [0.4, 0.5) is 0 Å². The van der Waals surface area contributed by atoms with E-state index in [9.17, 15) is 0 Å². The highest BCUT2D eigenvalue weighted by Crippen LogP contribution is 2.17. The van der Waals surface area contributed by atoms with E-state index in [1.165, 1.54) is 12.8 Å². The predicted molar refractivity (Wildman–Crippen MR) is 70.2 cm³/mol. The highest BCUT2D eigenvalue weighted by molar-refractivity contribution is 6.29. The standard InChI is InChI=1S/C12H21ClN4/c1-15(2)10-5-4-6-17(8-10)9-12-14-7-11(13)16(12)3/h7,10H,4-6,8-9H2,1-3H3. The van der Waals surface area contributed by atoms with Crippen molar-refractivity contribution in [3.05, 3.63) is 17.2 Å². The van der Waals surface area contributed by atoms with Gasteiger partial charge in [-0.25, -0.2) is 4.98 Å². The number of aromatic nitrogens is 2. The first-order valence-corrected chi connectivity index (χ1v) is 6.50. The van der Waals surface area contributed by atoms with E-state index in [0.29, 0.717) is 11.2 Å². The van der Waals surface area contributed by atoms with Crippen LogP contribution in [0.25, 0.3) is 0 Å². The lowest BCUT2D eigenvalue weighted by molar-refractivity contribution is 0.125. The molecular formula is C12H21ClN4. The first-order chi connectivity index (χ1) is 8.08. The van der Waals surface area contributed by atoms with Gasteiger partial charge in [0.2, 0.25) is 0 Å². The quantitative estimate of drug-likeness (QED) is 0.821. The Morgan fingerprint density at radius 2 is 2.29 bits per heavy atom. The van der Waals surface area contributed by atoms with Crippen molar-refractivity contribution in [3.8, 4) is 0 Å². The number of piperidine rings is 1. The molecule has 0 amide bonds. The molecule has 1 atom stereocenters. The third-order valence-electron chi connectivity index (χ3n) is 3.60. The van der Waals surface area contributed by atoms with Gasteiger partial charge in [-0.05, 0) is 33.5 Å². The highest BCUT2D eigenvalue weighted by atomic mass is 35.5. The van der Waals surface area contributed by atoms with E-state index in [1.54, 1.807) is 6.20 Å². The largest absolute Gasteiger partial charge is 0.321 e. The molecule has 0 aromatic carbocycles. The second-order valence-electron chi connectivity index (χ2n) is 5.05. The van der Waals surface area contributed by atoms with E-state index in [4.69, 9.17) is 11.6 Å². The topological polar surface area (TPSA) is 24.3 Å². The Morgan fingerprint density at radius 1 is 1.53 bits per heavy atom. The van der Waals surface area contributed by atoms with Crippen molar-refractivity contribution in [1.82, 2.24) is 19.4 Å². The number of imidazole rings is 1. The van der Waals surface area contributed by atoms with Crippen molar-refractivity contribution in [2.45, 2.75) is 25.4 Å². The lowest BCUT2D eigenvalue weighted by Gasteiger charge is -2.35. The van der Waals surface area contributed by atoms with E-state index in [2.05, 4.69) is 28.9 Å². The zero-order valence-electron chi connectivity index (χ0n) is 10.9. The average molecular weight is 257 g/mol. The van der Waals surface area contributed by atoms with Crippen LogP contribution < -0.4 is 0 Å². The fourth-order valence-corrected chi connectivity index (χ4v) is 2.51. The summed E-state index contributed by atoms with van der Waals surface area (Å²) in [5.41, 5.74) is 0. The summed E-state index contributed by atoms with van der Waals surface area (Å²) in [5, 5.41) is 0.709. The molecule has 0 bridgehead atoms. The molecule has 96 valence electrons. The Kier molecular flexibility index (Phi) is 4.07. The average Bonchev–Trinajstić information content (AvgIpc) is 2.61. The molecule has 5 heteroatoms. The lowest BCUT2D eigenvalue weighted by atomic mass is 10.1. The van der Waals surface area contributed by atoms with Crippen LogP contribution in [0.2, 0.25) is 5.15 Å². The molecule has 17 heavy (non-hydrogen) atoms. The maximum absolute atomic E-state index is 6.00. The molecule has 0 aliphatic carbocycles. The van der Waals surface area contributed by atoms with Crippen molar-refractivity contribution in [2.75, 3.05) is 27.2 Å². The molecule has 1 saturated heterocycles. The van der Waals surface area contributed by atoms with Gasteiger partial charge in [-0.2, -0.15) is 0 Å². The van der Waals surface area contributed by atoms with Crippen LogP contribution in [0.15, 0.2) is 6.20 Å². The molecule has 2 heterocycles. The van der Waals surface area contributed by atoms with Gasteiger partial charge in [-0.1, -0.05) is 11.6 Å². The molecular weight excluding hydrogens is 236 g/mol. The van der Waals surface area contributed by atoms with Crippen LogP contribution >= 0.6 is 11.6 Å². The second kappa shape index (κ2) is 5.38. The van der Waals surface area contributed by atoms with Crippen LogP contribution in [0.5, 0.6) is 0 Å². The van der Waals surface area contributed by atoms with E-state index >= 15 is 0 Å². The van der Waals surface area contributed by atoms with Crippen molar-refractivity contribution in [1.29, 1.82) is 0 Å². The summed E-state index contributed by atoms with van der Waals surface area (Å²) >= 11 is 6.00. The smallest absolute Gasteiger partial charge is 0.128 e. The highest BCUT2D eigenvalue weighted by Gasteiger charge is 2.22. The minimum absolute atomic E-state index is 0.666. The summed E-state index contributed by atoms with van der Waals surface area (Å²) in [5.74, 6) is 1.05. The van der Waals surface area contributed by atoms with Gasteiger partial charge in [0, 0.05) is 19.6 Å². The first kappa shape index (κ1) is 12.9. The van der Waals surface area contributed by atoms with Gasteiger partial charge < -0.3 is 9.47 Å². The first-order valence-electron chi connectivity index (χ1n) is 6.13. The number of hydrogen-bond donors (Lipinski definition) is 0. The van der Waals surface area contributed by atoms with Crippen LogP contribution in [0.1, 0.15) is 18.7 Å². The van der Waals surface area contributed by atoms with Gasteiger partial charge in [-0.3, -0.25) is 4.90 Å². The normalized spacial score (nSPS) is 22.3. The molecule has 1 unspecified atom stereocenters. The van der Waals surface area contributed by atoms with Gasteiger partial charge in [0.15, 0.2) is 0 Å². The summed E-state index contributed by atoms with van der Waals surface area (Å²) in [6, 6.07) is 0.666. The maximum Gasteiger partial charge on any atom is 0.128 e. The van der Waals surface area contributed by atoms with Crippen LogP contribution in [-0.4, -0.2) is 52.6 Å². The molecule has 0 N–H and O–H groups in total. The Balaban J connectivity index is 1.97. The Morgan fingerprint density at radius 3 is 2.88 bits per heavy atom. The third-order valence-corrected chi connectivity index (χ3v) is 3.95. The molecule has 1 fully saturated rings. The van der Waals surface area contributed by atoms with Gasteiger partial charge in [-0.15, -0.1) is 0 Å². The number of likely N-dealkylation sites (tertiary alicyclic amines) is 1. The van der Waals surface area contributed by atoms with Gasteiger partial charge >= 0.3 is 0 Å². The van der Waals surface area contributed by atoms with E-state index in [0.717, 1.165) is 25.5 Å². The van der Waals surface area contributed by atoms with Gasteiger partial charge in [0.1, 0.15) is 11.0 Å². The second-order valence-corrected chi connectivity index (χ2v) is 5.44. The summed E-state index contributed by atoms with van der Waals surface area (Å²) < 4.78 is 1.96. The Labute approximate surface area is 108 Å². The van der Waals surface area contributed by atoms with Crippen LogP contribution in [0, 0.1) is 0 Å². The molecule has 1 aromatic heterocycles. The van der Waals surface area contributed by atoms with E-state index in [1.807, 2.05) is 11.6 Å². The van der Waals surface area contributed by atoms with Crippen molar-refractivity contribution < 1.29 is 0 Å².